The summed E-state index contributed by atoms with van der Waals surface area (Å²) in [7, 11) is 0. The summed E-state index contributed by atoms with van der Waals surface area (Å²) in [6.07, 6.45) is 8.41. The van der Waals surface area contributed by atoms with Crippen molar-refractivity contribution in [1.29, 1.82) is 0 Å². The van der Waals surface area contributed by atoms with Crippen LogP contribution in [0, 0.1) is 5.41 Å². The second-order valence-electron chi connectivity index (χ2n) is 6.12. The fourth-order valence-electron chi connectivity index (χ4n) is 2.82. The Kier molecular flexibility index (Phi) is 5.11. The summed E-state index contributed by atoms with van der Waals surface area (Å²) in [5, 5.41) is 0. The van der Waals surface area contributed by atoms with Crippen LogP contribution in [0.15, 0.2) is 0 Å². The Hall–Kier alpha value is -0.0400. The first-order valence-electron chi connectivity index (χ1n) is 6.79. The maximum absolute atomic E-state index is 2.73. The summed E-state index contributed by atoms with van der Waals surface area (Å²) in [6, 6.07) is 0.833. The van der Waals surface area contributed by atoms with E-state index >= 15 is 0 Å². The number of nitrogens with zero attached hydrogens (tertiary/aromatic N) is 1. The average molecular weight is 211 g/mol. The second-order valence-corrected chi connectivity index (χ2v) is 6.12. The zero-order valence-electron chi connectivity index (χ0n) is 11.2. The normalized spacial score (nSPS) is 23.6. The van der Waals surface area contributed by atoms with Gasteiger partial charge in [0.15, 0.2) is 0 Å². The van der Waals surface area contributed by atoms with Crippen LogP contribution < -0.4 is 0 Å². The van der Waals surface area contributed by atoms with E-state index in [1.165, 1.54) is 51.6 Å². The van der Waals surface area contributed by atoms with Crippen LogP contribution in [-0.4, -0.2) is 24.0 Å². The Balaban J connectivity index is 2.28. The maximum atomic E-state index is 2.73. The Bertz CT molecular complexity index is 169. The highest BCUT2D eigenvalue weighted by Crippen LogP contribution is 2.32. The molecule has 0 spiro atoms. The molecule has 1 rings (SSSR count). The van der Waals surface area contributed by atoms with Crippen LogP contribution in [0.5, 0.6) is 0 Å². The zero-order chi connectivity index (χ0) is 11.3. The fourth-order valence-corrected chi connectivity index (χ4v) is 2.82. The molecule has 1 heterocycles. The lowest BCUT2D eigenvalue weighted by molar-refractivity contribution is 0.139. The SMILES string of the molecule is CCCCCCN1CCC[C@H]1C(C)(C)C. The average Bonchev–Trinajstić information content (AvgIpc) is 2.59. The first-order valence-corrected chi connectivity index (χ1v) is 6.79. The molecule has 0 saturated carbocycles. The smallest absolute Gasteiger partial charge is 0.0144 e. The minimum Gasteiger partial charge on any atom is -0.300 e. The van der Waals surface area contributed by atoms with Crippen molar-refractivity contribution in [2.75, 3.05) is 13.1 Å². The highest BCUT2D eigenvalue weighted by Gasteiger charge is 2.33. The minimum atomic E-state index is 0.473. The van der Waals surface area contributed by atoms with Crippen molar-refractivity contribution in [2.24, 2.45) is 5.41 Å². The summed E-state index contributed by atoms with van der Waals surface area (Å²) >= 11 is 0. The molecular weight excluding hydrogens is 182 g/mol. The van der Waals surface area contributed by atoms with Crippen LogP contribution in [0.2, 0.25) is 0 Å². The van der Waals surface area contributed by atoms with E-state index in [1.54, 1.807) is 0 Å². The van der Waals surface area contributed by atoms with Crippen molar-refractivity contribution in [3.63, 3.8) is 0 Å². The van der Waals surface area contributed by atoms with Gasteiger partial charge in [0.25, 0.3) is 0 Å². The summed E-state index contributed by atoms with van der Waals surface area (Å²) in [4.78, 5) is 2.73. The maximum Gasteiger partial charge on any atom is 0.0144 e. The van der Waals surface area contributed by atoms with Crippen LogP contribution in [-0.2, 0) is 0 Å². The summed E-state index contributed by atoms with van der Waals surface area (Å²) in [5.74, 6) is 0. The lowest BCUT2D eigenvalue weighted by Gasteiger charge is -2.35. The molecule has 1 fully saturated rings. The molecule has 0 aromatic rings. The number of unbranched alkanes of at least 4 members (excludes halogenated alkanes) is 3. The number of likely N-dealkylation sites (tertiary alicyclic amines) is 1. The molecule has 0 N–H and O–H groups in total. The Labute approximate surface area is 96.2 Å². The van der Waals surface area contributed by atoms with Gasteiger partial charge in [-0.2, -0.15) is 0 Å². The lowest BCUT2D eigenvalue weighted by atomic mass is 9.85. The van der Waals surface area contributed by atoms with Gasteiger partial charge in [-0.1, -0.05) is 47.0 Å². The second kappa shape index (κ2) is 5.89. The van der Waals surface area contributed by atoms with Crippen molar-refractivity contribution in [2.45, 2.75) is 72.3 Å². The predicted octanol–water partition coefficient (Wildman–Crippen LogP) is 4.08. The van der Waals surface area contributed by atoms with Crippen LogP contribution >= 0.6 is 0 Å². The molecule has 1 aliphatic rings. The molecule has 1 heteroatoms. The van der Waals surface area contributed by atoms with Gasteiger partial charge in [0.1, 0.15) is 0 Å². The van der Waals surface area contributed by atoms with Gasteiger partial charge in [0, 0.05) is 6.04 Å². The third-order valence-electron chi connectivity index (χ3n) is 3.66. The van der Waals surface area contributed by atoms with Gasteiger partial charge in [-0.3, -0.25) is 4.90 Å². The van der Waals surface area contributed by atoms with Crippen LogP contribution in [0.3, 0.4) is 0 Å². The molecule has 1 aliphatic heterocycles. The highest BCUT2D eigenvalue weighted by atomic mass is 15.2. The van der Waals surface area contributed by atoms with Gasteiger partial charge < -0.3 is 0 Å². The molecule has 1 saturated heterocycles. The Morgan fingerprint density at radius 2 is 1.87 bits per heavy atom. The molecule has 0 aromatic heterocycles. The molecule has 0 bridgehead atoms. The van der Waals surface area contributed by atoms with E-state index in [0.29, 0.717) is 5.41 Å². The van der Waals surface area contributed by atoms with E-state index in [2.05, 4.69) is 32.6 Å². The summed E-state index contributed by atoms with van der Waals surface area (Å²) in [6.45, 7) is 12.1. The Morgan fingerprint density at radius 3 is 2.47 bits per heavy atom. The van der Waals surface area contributed by atoms with Crippen molar-refractivity contribution < 1.29 is 0 Å². The summed E-state index contributed by atoms with van der Waals surface area (Å²) in [5.41, 5.74) is 0.473. The van der Waals surface area contributed by atoms with E-state index in [-0.39, 0.29) is 0 Å². The standard InChI is InChI=1S/C14H29N/c1-5-6-7-8-11-15-12-9-10-13(15)14(2,3)4/h13H,5-12H2,1-4H3/t13-/m0/s1. The molecule has 0 unspecified atom stereocenters. The van der Waals surface area contributed by atoms with Crippen molar-refractivity contribution >= 4 is 0 Å². The van der Waals surface area contributed by atoms with E-state index in [0.717, 1.165) is 6.04 Å². The van der Waals surface area contributed by atoms with Gasteiger partial charge in [-0.05, 0) is 37.8 Å². The third kappa shape index (κ3) is 4.14. The molecule has 1 atom stereocenters. The van der Waals surface area contributed by atoms with Crippen molar-refractivity contribution in [3.8, 4) is 0 Å². The van der Waals surface area contributed by atoms with Crippen molar-refractivity contribution in [3.05, 3.63) is 0 Å². The largest absolute Gasteiger partial charge is 0.300 e. The molecule has 90 valence electrons. The number of rotatable bonds is 5. The third-order valence-corrected chi connectivity index (χ3v) is 3.66. The molecule has 0 radical (unpaired) electrons. The minimum absolute atomic E-state index is 0.473. The summed E-state index contributed by atoms with van der Waals surface area (Å²) < 4.78 is 0. The molecule has 0 aliphatic carbocycles. The topological polar surface area (TPSA) is 3.24 Å². The van der Waals surface area contributed by atoms with Crippen LogP contribution in [0.1, 0.15) is 66.2 Å². The first kappa shape index (κ1) is 13.0. The van der Waals surface area contributed by atoms with Crippen LogP contribution in [0.4, 0.5) is 0 Å². The fraction of sp³-hybridized carbons (Fsp3) is 1.00. The molecule has 0 aromatic carbocycles. The van der Waals surface area contributed by atoms with Crippen LogP contribution in [0.25, 0.3) is 0 Å². The number of hydrogen-bond donors (Lipinski definition) is 0. The van der Waals surface area contributed by atoms with Gasteiger partial charge in [-0.25, -0.2) is 0 Å². The Morgan fingerprint density at radius 1 is 1.13 bits per heavy atom. The van der Waals surface area contributed by atoms with E-state index < -0.39 is 0 Å². The van der Waals surface area contributed by atoms with E-state index in [9.17, 15) is 0 Å². The van der Waals surface area contributed by atoms with Gasteiger partial charge >= 0.3 is 0 Å². The van der Waals surface area contributed by atoms with Gasteiger partial charge in [0.05, 0.1) is 0 Å². The zero-order valence-corrected chi connectivity index (χ0v) is 11.2. The lowest BCUT2D eigenvalue weighted by Crippen LogP contribution is -2.39. The van der Waals surface area contributed by atoms with Gasteiger partial charge in [-0.15, -0.1) is 0 Å². The van der Waals surface area contributed by atoms with E-state index in [1.807, 2.05) is 0 Å². The first-order chi connectivity index (χ1) is 7.05. The molecule has 15 heavy (non-hydrogen) atoms. The van der Waals surface area contributed by atoms with E-state index in [4.69, 9.17) is 0 Å². The number of hydrogen-bond acceptors (Lipinski definition) is 1. The van der Waals surface area contributed by atoms with Gasteiger partial charge in [0.2, 0.25) is 0 Å². The predicted molar refractivity (Wildman–Crippen MR) is 68.2 cm³/mol. The monoisotopic (exact) mass is 211 g/mol. The molecule has 1 nitrogen and oxygen atoms in total. The highest BCUT2D eigenvalue weighted by molar-refractivity contribution is 4.87. The molecule has 0 amide bonds. The molecular formula is C14H29N. The quantitative estimate of drug-likeness (QED) is 0.619. The van der Waals surface area contributed by atoms with Crippen molar-refractivity contribution in [1.82, 2.24) is 4.90 Å².